The van der Waals surface area contributed by atoms with Crippen LogP contribution in [-0.4, -0.2) is 47.6 Å². The van der Waals surface area contributed by atoms with Crippen LogP contribution in [0.4, 0.5) is 0 Å². The topological polar surface area (TPSA) is 76.3 Å². The Morgan fingerprint density at radius 3 is 2.92 bits per heavy atom. The molecule has 2 aromatic rings. The molecule has 1 aromatic heterocycles. The third-order valence-corrected chi connectivity index (χ3v) is 6.66. The van der Waals surface area contributed by atoms with E-state index in [1.165, 1.54) is 0 Å². The lowest BCUT2D eigenvalue weighted by molar-refractivity contribution is 0.175. The van der Waals surface area contributed by atoms with Crippen molar-refractivity contribution in [3.05, 3.63) is 34.6 Å². The van der Waals surface area contributed by atoms with Crippen LogP contribution in [0.2, 0.25) is 0 Å². The van der Waals surface area contributed by atoms with E-state index in [0.717, 1.165) is 29.4 Å². The standard InChI is InChI=1S/C17H22BrN3O3S/c1-2-3-8-21(15-7-9-25(22,23)12-15)11-16-19-17(20-24-16)13-5-4-6-14(18)10-13/h4-6,10,15H,2-3,7-9,11-12H2,1H3. The zero-order valence-corrected chi connectivity index (χ0v) is 16.6. The predicted octanol–water partition coefficient (Wildman–Crippen LogP) is 3.29. The third kappa shape index (κ3) is 4.89. The van der Waals surface area contributed by atoms with Crippen molar-refractivity contribution in [1.82, 2.24) is 15.0 Å². The van der Waals surface area contributed by atoms with Gasteiger partial charge in [-0.2, -0.15) is 4.98 Å². The predicted molar refractivity (Wildman–Crippen MR) is 99.8 cm³/mol. The van der Waals surface area contributed by atoms with Crippen molar-refractivity contribution in [1.29, 1.82) is 0 Å². The zero-order chi connectivity index (χ0) is 17.9. The second-order valence-corrected chi connectivity index (χ2v) is 9.55. The van der Waals surface area contributed by atoms with Gasteiger partial charge in [0.15, 0.2) is 9.84 Å². The number of benzene rings is 1. The summed E-state index contributed by atoms with van der Waals surface area (Å²) in [5.74, 6) is 1.57. The maximum Gasteiger partial charge on any atom is 0.241 e. The van der Waals surface area contributed by atoms with Crippen LogP contribution in [0, 0.1) is 0 Å². The van der Waals surface area contributed by atoms with Crippen LogP contribution in [0.5, 0.6) is 0 Å². The molecule has 0 bridgehead atoms. The monoisotopic (exact) mass is 427 g/mol. The lowest BCUT2D eigenvalue weighted by Gasteiger charge is -2.26. The highest BCUT2D eigenvalue weighted by Gasteiger charge is 2.32. The summed E-state index contributed by atoms with van der Waals surface area (Å²) in [5, 5.41) is 4.06. The van der Waals surface area contributed by atoms with Crippen LogP contribution < -0.4 is 0 Å². The molecule has 1 aliphatic rings. The Morgan fingerprint density at radius 1 is 1.40 bits per heavy atom. The largest absolute Gasteiger partial charge is 0.338 e. The van der Waals surface area contributed by atoms with E-state index in [9.17, 15) is 8.42 Å². The Bertz CT molecular complexity index is 822. The van der Waals surface area contributed by atoms with E-state index in [1.54, 1.807) is 0 Å². The van der Waals surface area contributed by atoms with E-state index in [0.29, 0.717) is 24.7 Å². The molecule has 1 aliphatic heterocycles. The Kier molecular flexibility index (Phi) is 5.91. The van der Waals surface area contributed by atoms with Gasteiger partial charge in [-0.3, -0.25) is 4.90 Å². The molecule has 2 heterocycles. The highest BCUT2D eigenvalue weighted by molar-refractivity contribution is 9.10. The number of hydrogen-bond donors (Lipinski definition) is 0. The lowest BCUT2D eigenvalue weighted by Crippen LogP contribution is -2.36. The summed E-state index contributed by atoms with van der Waals surface area (Å²) in [6, 6.07) is 7.77. The van der Waals surface area contributed by atoms with Gasteiger partial charge in [-0.15, -0.1) is 0 Å². The van der Waals surface area contributed by atoms with E-state index >= 15 is 0 Å². The van der Waals surface area contributed by atoms with Crippen LogP contribution in [0.1, 0.15) is 32.1 Å². The smallest absolute Gasteiger partial charge is 0.241 e. The first-order chi connectivity index (χ1) is 12.0. The first-order valence-electron chi connectivity index (χ1n) is 8.50. The molecule has 3 rings (SSSR count). The third-order valence-electron chi connectivity index (χ3n) is 4.41. The van der Waals surface area contributed by atoms with Crippen molar-refractivity contribution in [3.63, 3.8) is 0 Å². The summed E-state index contributed by atoms with van der Waals surface area (Å²) < 4.78 is 30.0. The SMILES string of the molecule is CCCCN(Cc1nc(-c2cccc(Br)c2)no1)C1CCS(=O)(=O)C1. The van der Waals surface area contributed by atoms with Crippen LogP contribution in [0.15, 0.2) is 33.3 Å². The number of aromatic nitrogens is 2. The van der Waals surface area contributed by atoms with Gasteiger partial charge in [0.25, 0.3) is 0 Å². The number of halogens is 1. The Morgan fingerprint density at radius 2 is 2.24 bits per heavy atom. The van der Waals surface area contributed by atoms with Crippen molar-refractivity contribution >= 4 is 25.8 Å². The maximum atomic E-state index is 11.8. The van der Waals surface area contributed by atoms with Gasteiger partial charge in [0, 0.05) is 16.1 Å². The van der Waals surface area contributed by atoms with Crippen molar-refractivity contribution < 1.29 is 12.9 Å². The first-order valence-corrected chi connectivity index (χ1v) is 11.1. The average molecular weight is 428 g/mol. The molecule has 1 saturated heterocycles. The second kappa shape index (κ2) is 7.97. The van der Waals surface area contributed by atoms with Gasteiger partial charge in [0.2, 0.25) is 11.7 Å². The number of hydrogen-bond acceptors (Lipinski definition) is 6. The molecule has 136 valence electrons. The molecule has 1 unspecified atom stereocenters. The normalized spacial score (nSPS) is 19.6. The van der Waals surface area contributed by atoms with Crippen molar-refractivity contribution in [2.24, 2.45) is 0 Å². The highest BCUT2D eigenvalue weighted by atomic mass is 79.9. The highest BCUT2D eigenvalue weighted by Crippen LogP contribution is 2.23. The number of nitrogens with zero attached hydrogens (tertiary/aromatic N) is 3. The Balaban J connectivity index is 1.73. The molecule has 25 heavy (non-hydrogen) atoms. The molecule has 1 atom stereocenters. The molecule has 0 radical (unpaired) electrons. The molecule has 0 amide bonds. The molecule has 6 nitrogen and oxygen atoms in total. The summed E-state index contributed by atoms with van der Waals surface area (Å²) in [6.07, 6.45) is 2.75. The maximum absolute atomic E-state index is 11.8. The fraction of sp³-hybridized carbons (Fsp3) is 0.529. The molecular weight excluding hydrogens is 406 g/mol. The minimum atomic E-state index is -2.91. The molecule has 0 spiro atoms. The van der Waals surface area contributed by atoms with Gasteiger partial charge in [0.1, 0.15) is 0 Å². The van der Waals surface area contributed by atoms with E-state index in [4.69, 9.17) is 4.52 Å². The lowest BCUT2D eigenvalue weighted by atomic mass is 10.2. The van der Waals surface area contributed by atoms with Gasteiger partial charge >= 0.3 is 0 Å². The van der Waals surface area contributed by atoms with Gasteiger partial charge in [0.05, 0.1) is 18.1 Å². The van der Waals surface area contributed by atoms with E-state index in [1.807, 2.05) is 24.3 Å². The van der Waals surface area contributed by atoms with Crippen LogP contribution in [-0.2, 0) is 16.4 Å². The Labute approximate surface area is 156 Å². The average Bonchev–Trinajstić information content (AvgIpc) is 3.18. The van der Waals surface area contributed by atoms with Crippen LogP contribution in [0.25, 0.3) is 11.4 Å². The minimum Gasteiger partial charge on any atom is -0.338 e. The van der Waals surface area contributed by atoms with E-state index in [2.05, 4.69) is 37.9 Å². The van der Waals surface area contributed by atoms with Crippen molar-refractivity contribution in [3.8, 4) is 11.4 Å². The summed E-state index contributed by atoms with van der Waals surface area (Å²) >= 11 is 3.44. The fourth-order valence-corrected chi connectivity index (χ4v) is 5.21. The molecule has 0 aliphatic carbocycles. The molecule has 1 fully saturated rings. The Hall–Kier alpha value is -1.25. The quantitative estimate of drug-likeness (QED) is 0.674. The number of unbranched alkanes of at least 4 members (excludes halogenated alkanes) is 1. The molecule has 8 heteroatoms. The molecule has 0 N–H and O–H groups in total. The number of sulfone groups is 1. The van der Waals surface area contributed by atoms with Crippen LogP contribution >= 0.6 is 15.9 Å². The number of rotatable bonds is 7. The summed E-state index contributed by atoms with van der Waals surface area (Å²) in [5.41, 5.74) is 0.882. The first kappa shape index (κ1) is 18.5. The zero-order valence-electron chi connectivity index (χ0n) is 14.2. The van der Waals surface area contributed by atoms with E-state index in [-0.39, 0.29) is 17.5 Å². The molecule has 0 saturated carbocycles. The molecular formula is C17H22BrN3O3S. The van der Waals surface area contributed by atoms with Gasteiger partial charge in [-0.25, -0.2) is 8.42 Å². The summed E-state index contributed by atoms with van der Waals surface area (Å²) in [7, 11) is -2.91. The summed E-state index contributed by atoms with van der Waals surface area (Å²) in [4.78, 5) is 6.66. The van der Waals surface area contributed by atoms with Gasteiger partial charge in [-0.1, -0.05) is 46.6 Å². The van der Waals surface area contributed by atoms with E-state index < -0.39 is 9.84 Å². The van der Waals surface area contributed by atoms with Gasteiger partial charge in [-0.05, 0) is 31.5 Å². The fourth-order valence-electron chi connectivity index (χ4n) is 3.05. The second-order valence-electron chi connectivity index (χ2n) is 6.40. The minimum absolute atomic E-state index is 0.0396. The van der Waals surface area contributed by atoms with Gasteiger partial charge < -0.3 is 4.52 Å². The molecule has 1 aromatic carbocycles. The van der Waals surface area contributed by atoms with Crippen molar-refractivity contribution in [2.75, 3.05) is 18.1 Å². The van der Waals surface area contributed by atoms with Crippen LogP contribution in [0.3, 0.4) is 0 Å². The van der Waals surface area contributed by atoms with Crippen molar-refractivity contribution in [2.45, 2.75) is 38.8 Å². The summed E-state index contributed by atoms with van der Waals surface area (Å²) in [6.45, 7) is 3.45.